The predicted octanol–water partition coefficient (Wildman–Crippen LogP) is 1.81. The lowest BCUT2D eigenvalue weighted by Gasteiger charge is -2.33. The van der Waals surface area contributed by atoms with Crippen LogP contribution in [0.2, 0.25) is 0 Å². The van der Waals surface area contributed by atoms with Gasteiger partial charge in [-0.05, 0) is 37.8 Å². The second kappa shape index (κ2) is 10.8. The smallest absolute Gasteiger partial charge is 0.315 e. The molecule has 7 nitrogen and oxygen atoms in total. The lowest BCUT2D eigenvalue weighted by Crippen LogP contribution is -2.43. The third-order valence-corrected chi connectivity index (χ3v) is 7.04. The fourth-order valence-electron chi connectivity index (χ4n) is 3.02. The van der Waals surface area contributed by atoms with Crippen molar-refractivity contribution in [3.05, 3.63) is 29.8 Å². The van der Waals surface area contributed by atoms with Gasteiger partial charge in [0.2, 0.25) is 15.9 Å². The van der Waals surface area contributed by atoms with Crippen LogP contribution in [0.4, 0.5) is 0 Å². The van der Waals surface area contributed by atoms with Gasteiger partial charge in [0.25, 0.3) is 0 Å². The van der Waals surface area contributed by atoms with Gasteiger partial charge in [0.05, 0.1) is 17.8 Å². The van der Waals surface area contributed by atoms with Crippen LogP contribution in [0.1, 0.15) is 24.8 Å². The summed E-state index contributed by atoms with van der Waals surface area (Å²) in [4.78, 5) is 25.5. The predicted molar refractivity (Wildman–Crippen MR) is 110 cm³/mol. The summed E-state index contributed by atoms with van der Waals surface area (Å²) in [6.07, 6.45) is 2.11. The Bertz CT molecular complexity index is 765. The van der Waals surface area contributed by atoms with E-state index in [0.29, 0.717) is 31.8 Å². The number of methoxy groups -OCH3 is 1. The molecule has 2 rings (SSSR count). The Balaban J connectivity index is 1.78. The van der Waals surface area contributed by atoms with E-state index in [0.717, 1.165) is 18.4 Å². The van der Waals surface area contributed by atoms with Gasteiger partial charge in [0.1, 0.15) is 0 Å². The van der Waals surface area contributed by atoms with Crippen LogP contribution < -0.4 is 4.72 Å². The molecule has 0 aromatic heterocycles. The Labute approximate surface area is 171 Å². The molecule has 0 radical (unpaired) electrons. The Hall–Kier alpha value is -1.58. The highest BCUT2D eigenvalue weighted by atomic mass is 32.2. The molecule has 0 bridgehead atoms. The van der Waals surface area contributed by atoms with Gasteiger partial charge in [-0.1, -0.05) is 17.7 Å². The van der Waals surface area contributed by atoms with Crippen molar-refractivity contribution in [1.82, 2.24) is 9.62 Å². The third kappa shape index (κ3) is 7.10. The largest absolute Gasteiger partial charge is 0.468 e. The maximum atomic E-state index is 12.4. The van der Waals surface area contributed by atoms with Gasteiger partial charge < -0.3 is 9.64 Å². The molecule has 1 fully saturated rings. The molecule has 1 heterocycles. The van der Waals surface area contributed by atoms with E-state index in [9.17, 15) is 18.0 Å². The number of hydrogen-bond donors (Lipinski definition) is 1. The summed E-state index contributed by atoms with van der Waals surface area (Å²) in [6, 6.07) is 6.74. The van der Waals surface area contributed by atoms with E-state index >= 15 is 0 Å². The van der Waals surface area contributed by atoms with Crippen molar-refractivity contribution in [3.63, 3.8) is 0 Å². The fraction of sp³-hybridized carbons (Fsp3) is 0.579. The molecule has 1 aliphatic heterocycles. The number of esters is 1. The van der Waals surface area contributed by atoms with Crippen LogP contribution in [0.15, 0.2) is 29.2 Å². The van der Waals surface area contributed by atoms with Crippen molar-refractivity contribution in [2.75, 3.05) is 38.2 Å². The first-order valence-electron chi connectivity index (χ1n) is 9.30. The summed E-state index contributed by atoms with van der Waals surface area (Å²) in [5, 5.41) is 0. The summed E-state index contributed by atoms with van der Waals surface area (Å²) in [6.45, 7) is 3.47. The quantitative estimate of drug-likeness (QED) is 0.476. The number of piperidine rings is 1. The highest BCUT2D eigenvalue weighted by Gasteiger charge is 2.25. The van der Waals surface area contributed by atoms with E-state index in [-0.39, 0.29) is 28.4 Å². The number of nitrogens with one attached hydrogen (secondary N) is 1. The minimum atomic E-state index is -3.54. The highest BCUT2D eigenvalue weighted by molar-refractivity contribution is 7.99. The molecule has 1 unspecified atom stereocenters. The van der Waals surface area contributed by atoms with Crippen molar-refractivity contribution in [1.29, 1.82) is 0 Å². The van der Waals surface area contributed by atoms with Gasteiger partial charge in [0, 0.05) is 31.8 Å². The first-order chi connectivity index (χ1) is 13.3. The Kier molecular flexibility index (Phi) is 8.78. The number of ether oxygens (including phenoxy) is 1. The minimum Gasteiger partial charge on any atom is -0.468 e. The lowest BCUT2D eigenvalue weighted by atomic mass is 9.98. The topological polar surface area (TPSA) is 92.8 Å². The number of benzene rings is 1. The maximum Gasteiger partial charge on any atom is 0.315 e. The number of sulfonamides is 1. The number of thioether (sulfide) groups is 1. The molecule has 0 spiro atoms. The molecule has 9 heteroatoms. The van der Waals surface area contributed by atoms with Crippen LogP contribution in [0.25, 0.3) is 0 Å². The summed E-state index contributed by atoms with van der Waals surface area (Å²) in [7, 11) is -2.20. The van der Waals surface area contributed by atoms with Crippen LogP contribution >= 0.6 is 11.8 Å². The van der Waals surface area contributed by atoms with Crippen molar-refractivity contribution in [2.45, 2.75) is 31.1 Å². The SMILES string of the molecule is COC(=O)CSCCC(=O)N1CCCC(CNS(=O)(=O)c2ccc(C)cc2)C1. The number of hydrogen-bond acceptors (Lipinski definition) is 6. The number of rotatable bonds is 9. The van der Waals surface area contributed by atoms with Crippen LogP contribution in [-0.4, -0.2) is 63.4 Å². The number of carbonyl (C=O) groups is 2. The molecular formula is C19H28N2O5S2. The van der Waals surface area contributed by atoms with E-state index in [1.54, 1.807) is 29.2 Å². The van der Waals surface area contributed by atoms with Crippen molar-refractivity contribution in [3.8, 4) is 0 Å². The summed E-state index contributed by atoms with van der Waals surface area (Å²) >= 11 is 1.38. The molecule has 1 atom stereocenters. The van der Waals surface area contributed by atoms with Crippen LogP contribution in [0, 0.1) is 12.8 Å². The van der Waals surface area contributed by atoms with E-state index in [4.69, 9.17) is 0 Å². The van der Waals surface area contributed by atoms with E-state index in [2.05, 4.69) is 9.46 Å². The third-order valence-electron chi connectivity index (χ3n) is 4.67. The molecule has 1 N–H and O–H groups in total. The van der Waals surface area contributed by atoms with Crippen molar-refractivity contribution in [2.24, 2.45) is 5.92 Å². The summed E-state index contributed by atoms with van der Waals surface area (Å²) in [5.74, 6) is 0.656. The first-order valence-corrected chi connectivity index (χ1v) is 11.9. The Morgan fingerprint density at radius 3 is 2.68 bits per heavy atom. The number of amides is 1. The molecule has 1 amide bonds. The fourth-order valence-corrected chi connectivity index (χ4v) is 4.88. The van der Waals surface area contributed by atoms with E-state index in [1.807, 2.05) is 6.92 Å². The first kappa shape index (κ1) is 22.7. The van der Waals surface area contributed by atoms with Gasteiger partial charge in [0.15, 0.2) is 0 Å². The number of likely N-dealkylation sites (tertiary alicyclic amines) is 1. The number of aryl methyl sites for hydroxylation is 1. The van der Waals surface area contributed by atoms with Crippen molar-refractivity contribution >= 4 is 33.7 Å². The van der Waals surface area contributed by atoms with Crippen molar-refractivity contribution < 1.29 is 22.7 Å². The van der Waals surface area contributed by atoms with Gasteiger partial charge in [-0.3, -0.25) is 9.59 Å². The zero-order valence-corrected chi connectivity index (χ0v) is 18.0. The van der Waals surface area contributed by atoms with Crippen LogP contribution in [0.5, 0.6) is 0 Å². The molecule has 1 aromatic rings. The lowest BCUT2D eigenvalue weighted by molar-refractivity contribution is -0.137. The van der Waals surface area contributed by atoms with Gasteiger partial charge in [-0.15, -0.1) is 11.8 Å². The second-order valence-corrected chi connectivity index (χ2v) is 9.76. The zero-order valence-electron chi connectivity index (χ0n) is 16.3. The van der Waals surface area contributed by atoms with Crippen LogP contribution in [-0.2, 0) is 24.3 Å². The molecule has 1 saturated heterocycles. The van der Waals surface area contributed by atoms with E-state index in [1.165, 1.54) is 18.9 Å². The summed E-state index contributed by atoms with van der Waals surface area (Å²) < 4.78 is 32.1. The molecule has 0 saturated carbocycles. The van der Waals surface area contributed by atoms with Gasteiger partial charge in [-0.25, -0.2) is 13.1 Å². The average molecular weight is 429 g/mol. The monoisotopic (exact) mass is 428 g/mol. The molecule has 1 aliphatic rings. The highest BCUT2D eigenvalue weighted by Crippen LogP contribution is 2.18. The van der Waals surface area contributed by atoms with Gasteiger partial charge in [-0.2, -0.15) is 0 Å². The number of nitrogens with zero attached hydrogens (tertiary/aromatic N) is 1. The Morgan fingerprint density at radius 1 is 1.29 bits per heavy atom. The normalized spacial score (nSPS) is 17.4. The molecular weight excluding hydrogens is 400 g/mol. The van der Waals surface area contributed by atoms with Gasteiger partial charge >= 0.3 is 5.97 Å². The average Bonchev–Trinajstić information content (AvgIpc) is 2.70. The summed E-state index contributed by atoms with van der Waals surface area (Å²) in [5.41, 5.74) is 1.00. The Morgan fingerprint density at radius 2 is 2.00 bits per heavy atom. The second-order valence-electron chi connectivity index (χ2n) is 6.89. The maximum absolute atomic E-state index is 12.4. The number of carbonyl (C=O) groups excluding carboxylic acids is 2. The standard InChI is InChI=1S/C19H28N2O5S2/c1-15-5-7-17(8-6-15)28(24,25)20-12-16-4-3-10-21(13-16)18(22)9-11-27-14-19(23)26-2/h5-8,16,20H,3-4,9-14H2,1-2H3. The molecule has 156 valence electrons. The van der Waals surface area contributed by atoms with E-state index < -0.39 is 10.0 Å². The van der Waals surface area contributed by atoms with Crippen LogP contribution in [0.3, 0.4) is 0 Å². The molecule has 0 aliphatic carbocycles. The zero-order chi connectivity index (χ0) is 20.6. The minimum absolute atomic E-state index is 0.0449. The molecule has 28 heavy (non-hydrogen) atoms. The molecule has 1 aromatic carbocycles.